The van der Waals surface area contributed by atoms with Gasteiger partial charge < -0.3 is 19.8 Å². The number of fused-ring (bicyclic) bond motifs is 1. The van der Waals surface area contributed by atoms with E-state index < -0.39 is 17.2 Å². The molecule has 36 heavy (non-hydrogen) atoms. The minimum absolute atomic E-state index is 0.154. The van der Waals surface area contributed by atoms with Gasteiger partial charge in [-0.15, -0.1) is 4.68 Å². The Hall–Kier alpha value is -4.08. The molecule has 11 heteroatoms. The summed E-state index contributed by atoms with van der Waals surface area (Å²) in [6.07, 6.45) is 1.30. The van der Waals surface area contributed by atoms with Gasteiger partial charge in [-0.25, -0.2) is 4.79 Å². The number of para-hydroxylation sites is 1. The van der Waals surface area contributed by atoms with Crippen molar-refractivity contribution in [3.63, 3.8) is 0 Å². The van der Waals surface area contributed by atoms with Crippen LogP contribution in [0.1, 0.15) is 12.5 Å². The molecule has 1 amide bonds. The molecule has 4 rings (SSSR count). The number of rotatable bonds is 8. The largest absolute Gasteiger partial charge is 0.490 e. The van der Waals surface area contributed by atoms with Gasteiger partial charge in [0.25, 0.3) is 11.5 Å². The average Bonchev–Trinajstić information content (AvgIpc) is 2.85. The summed E-state index contributed by atoms with van der Waals surface area (Å²) in [5.74, 6) is 0.0320. The average molecular weight is 527 g/mol. The number of nitrogens with one attached hydrogen (secondary N) is 2. The quantitative estimate of drug-likeness (QED) is 0.332. The van der Waals surface area contributed by atoms with Crippen LogP contribution in [-0.2, 0) is 4.79 Å². The number of nitrogens with zero attached hydrogens (tertiary/aromatic N) is 2. The molecule has 3 aromatic carbocycles. The highest BCUT2D eigenvalue weighted by molar-refractivity contribution is 6.32. The fourth-order valence-corrected chi connectivity index (χ4v) is 3.72. The second kappa shape index (κ2) is 11.1. The van der Waals surface area contributed by atoms with E-state index in [4.69, 9.17) is 32.7 Å². The molecule has 0 unspecified atom stereocenters. The van der Waals surface area contributed by atoms with E-state index in [0.717, 1.165) is 4.68 Å². The topological polar surface area (TPSA) is 115 Å². The normalized spacial score (nSPS) is 11.1. The number of hydrogen-bond donors (Lipinski definition) is 2. The van der Waals surface area contributed by atoms with Crippen molar-refractivity contribution in [1.29, 1.82) is 0 Å². The first kappa shape index (κ1) is 25.0. The van der Waals surface area contributed by atoms with Crippen molar-refractivity contribution in [1.82, 2.24) is 9.66 Å². The van der Waals surface area contributed by atoms with E-state index in [1.54, 1.807) is 61.5 Å². The number of halogens is 2. The second-order valence-electron chi connectivity index (χ2n) is 7.44. The molecule has 0 saturated heterocycles. The van der Waals surface area contributed by atoms with E-state index in [1.165, 1.54) is 12.3 Å². The molecule has 2 N–H and O–H groups in total. The molecule has 0 aliphatic heterocycles. The third-order valence-corrected chi connectivity index (χ3v) is 5.45. The zero-order chi connectivity index (χ0) is 25.7. The highest BCUT2D eigenvalue weighted by Gasteiger charge is 2.15. The summed E-state index contributed by atoms with van der Waals surface area (Å²) < 4.78 is 12.0. The summed E-state index contributed by atoms with van der Waals surface area (Å²) in [6.45, 7) is 1.76. The number of anilines is 1. The molecule has 0 fully saturated rings. The monoisotopic (exact) mass is 526 g/mol. The Balaban J connectivity index is 1.55. The first-order valence-electron chi connectivity index (χ1n) is 10.8. The fraction of sp³-hybridized carbons (Fsp3) is 0.120. The maximum absolute atomic E-state index is 12.7. The zero-order valence-corrected chi connectivity index (χ0v) is 20.5. The van der Waals surface area contributed by atoms with Crippen molar-refractivity contribution < 1.29 is 14.3 Å². The summed E-state index contributed by atoms with van der Waals surface area (Å²) in [6, 6.07) is 16.4. The van der Waals surface area contributed by atoms with Crippen molar-refractivity contribution in [3.05, 3.63) is 97.1 Å². The van der Waals surface area contributed by atoms with Gasteiger partial charge in [-0.3, -0.25) is 9.59 Å². The lowest BCUT2D eigenvalue weighted by atomic mass is 10.2. The first-order valence-corrected chi connectivity index (χ1v) is 11.5. The zero-order valence-electron chi connectivity index (χ0n) is 19.0. The van der Waals surface area contributed by atoms with Crippen molar-refractivity contribution in [2.45, 2.75) is 6.92 Å². The number of H-pyrrole nitrogens is 1. The summed E-state index contributed by atoms with van der Waals surface area (Å²) in [5, 5.41) is 7.75. The van der Waals surface area contributed by atoms with E-state index in [1.807, 2.05) is 0 Å². The van der Waals surface area contributed by atoms with Crippen LogP contribution in [0.3, 0.4) is 0 Å². The maximum Gasteiger partial charge on any atom is 0.349 e. The van der Waals surface area contributed by atoms with Gasteiger partial charge in [-0.05, 0) is 61.0 Å². The van der Waals surface area contributed by atoms with E-state index in [9.17, 15) is 14.4 Å². The van der Waals surface area contributed by atoms with Crippen LogP contribution in [0.5, 0.6) is 11.5 Å². The summed E-state index contributed by atoms with van der Waals surface area (Å²) >= 11 is 12.3. The SMILES string of the molecule is CCOc1cc(C=Nn2c(=O)[nH]c3ccccc3c2=O)cc(Cl)c1OCC(=O)Nc1ccc(Cl)cc1. The van der Waals surface area contributed by atoms with Crippen LogP contribution < -0.4 is 26.0 Å². The smallest absolute Gasteiger partial charge is 0.349 e. The van der Waals surface area contributed by atoms with Gasteiger partial charge in [0.15, 0.2) is 18.1 Å². The molecule has 0 atom stereocenters. The lowest BCUT2D eigenvalue weighted by molar-refractivity contribution is -0.118. The molecule has 0 bridgehead atoms. The third-order valence-electron chi connectivity index (χ3n) is 4.91. The first-order chi connectivity index (χ1) is 17.4. The molecule has 0 aliphatic rings. The van der Waals surface area contributed by atoms with E-state index in [-0.39, 0.29) is 23.1 Å². The van der Waals surface area contributed by atoms with Gasteiger partial charge in [-0.2, -0.15) is 5.10 Å². The molecular weight excluding hydrogens is 507 g/mol. The highest BCUT2D eigenvalue weighted by Crippen LogP contribution is 2.36. The second-order valence-corrected chi connectivity index (χ2v) is 8.29. The molecule has 1 aromatic heterocycles. The van der Waals surface area contributed by atoms with E-state index in [2.05, 4.69) is 15.4 Å². The Morgan fingerprint density at radius 3 is 2.58 bits per heavy atom. The van der Waals surface area contributed by atoms with E-state index in [0.29, 0.717) is 33.8 Å². The minimum Gasteiger partial charge on any atom is -0.490 e. The molecule has 0 saturated carbocycles. The molecular formula is C25H20Cl2N4O5. The predicted octanol–water partition coefficient (Wildman–Crippen LogP) is 4.30. The Labute approximate surface area is 214 Å². The van der Waals surface area contributed by atoms with Crippen LogP contribution in [-0.4, -0.2) is 35.0 Å². The summed E-state index contributed by atoms with van der Waals surface area (Å²) in [4.78, 5) is 39.9. The van der Waals surface area contributed by atoms with Crippen LogP contribution in [0.25, 0.3) is 10.9 Å². The fourth-order valence-electron chi connectivity index (χ4n) is 3.32. The standard InChI is InChI=1S/C25H20Cl2N4O5/c1-2-35-21-12-15(13-28-31-24(33)18-5-3-4-6-20(18)30-25(31)34)11-19(27)23(21)36-14-22(32)29-17-9-7-16(26)8-10-17/h3-13H,2,14H2,1H3,(H,29,32)(H,30,34). The van der Waals surface area contributed by atoms with Gasteiger partial charge in [0.05, 0.1) is 28.7 Å². The number of aromatic amines is 1. The van der Waals surface area contributed by atoms with Crippen LogP contribution in [0.15, 0.2) is 75.4 Å². The number of carbonyl (C=O) groups excluding carboxylic acids is 1. The summed E-state index contributed by atoms with van der Waals surface area (Å²) in [5.41, 5.74) is 0.184. The molecule has 184 valence electrons. The van der Waals surface area contributed by atoms with Crippen molar-refractivity contribution in [2.24, 2.45) is 5.10 Å². The Bertz CT molecular complexity index is 1560. The van der Waals surface area contributed by atoms with Crippen LogP contribution in [0.2, 0.25) is 10.0 Å². The van der Waals surface area contributed by atoms with Crippen molar-refractivity contribution >= 4 is 51.9 Å². The highest BCUT2D eigenvalue weighted by atomic mass is 35.5. The van der Waals surface area contributed by atoms with Gasteiger partial charge in [0.2, 0.25) is 0 Å². The molecule has 9 nitrogen and oxygen atoms in total. The predicted molar refractivity (Wildman–Crippen MR) is 140 cm³/mol. The molecule has 1 heterocycles. The maximum atomic E-state index is 12.7. The van der Waals surface area contributed by atoms with E-state index >= 15 is 0 Å². The minimum atomic E-state index is -0.683. The molecule has 0 radical (unpaired) electrons. The van der Waals surface area contributed by atoms with Crippen molar-refractivity contribution in [2.75, 3.05) is 18.5 Å². The lowest BCUT2D eigenvalue weighted by Gasteiger charge is -2.14. The molecule has 0 spiro atoms. The van der Waals surface area contributed by atoms with Gasteiger partial charge in [-0.1, -0.05) is 35.3 Å². The number of amides is 1. The number of hydrogen-bond acceptors (Lipinski definition) is 6. The number of ether oxygens (including phenoxy) is 2. The Morgan fingerprint density at radius 2 is 1.83 bits per heavy atom. The number of aromatic nitrogens is 2. The Kier molecular flexibility index (Phi) is 7.72. The van der Waals surface area contributed by atoms with Crippen LogP contribution in [0.4, 0.5) is 5.69 Å². The molecule has 4 aromatic rings. The van der Waals surface area contributed by atoms with Gasteiger partial charge in [0, 0.05) is 10.7 Å². The van der Waals surface area contributed by atoms with Gasteiger partial charge >= 0.3 is 5.69 Å². The summed E-state index contributed by atoms with van der Waals surface area (Å²) in [7, 11) is 0. The van der Waals surface area contributed by atoms with Crippen LogP contribution >= 0.6 is 23.2 Å². The lowest BCUT2D eigenvalue weighted by Crippen LogP contribution is -2.32. The number of carbonyl (C=O) groups is 1. The number of benzene rings is 3. The Morgan fingerprint density at radius 1 is 1.08 bits per heavy atom. The van der Waals surface area contributed by atoms with Crippen molar-refractivity contribution in [3.8, 4) is 11.5 Å². The molecule has 0 aliphatic carbocycles. The van der Waals surface area contributed by atoms with Crippen LogP contribution in [0, 0.1) is 0 Å². The third kappa shape index (κ3) is 5.76. The van der Waals surface area contributed by atoms with Gasteiger partial charge in [0.1, 0.15) is 0 Å².